The molecule has 1 amide bonds. The summed E-state index contributed by atoms with van der Waals surface area (Å²) < 4.78 is 0. The number of piperidine rings is 1. The maximum Gasteiger partial charge on any atom is 0.223 e. The number of nitrogens with one attached hydrogen (secondary N) is 1. The van der Waals surface area contributed by atoms with Crippen molar-refractivity contribution in [1.29, 1.82) is 5.26 Å². The third-order valence-electron chi connectivity index (χ3n) is 5.19. The van der Waals surface area contributed by atoms with Gasteiger partial charge >= 0.3 is 0 Å². The van der Waals surface area contributed by atoms with E-state index in [4.69, 9.17) is 5.26 Å². The maximum absolute atomic E-state index is 12.3. The van der Waals surface area contributed by atoms with Gasteiger partial charge in [0, 0.05) is 25.6 Å². The first kappa shape index (κ1) is 17.7. The Hall–Kier alpha value is -2.13. The van der Waals surface area contributed by atoms with Crippen LogP contribution in [0.3, 0.4) is 0 Å². The molecular weight excluding hydrogens is 314 g/mol. The zero-order valence-electron chi connectivity index (χ0n) is 14.8. The number of rotatable bonds is 6. The van der Waals surface area contributed by atoms with Gasteiger partial charge in [0.1, 0.15) is 17.6 Å². The van der Waals surface area contributed by atoms with E-state index in [2.05, 4.69) is 26.2 Å². The fourth-order valence-corrected chi connectivity index (χ4v) is 3.70. The van der Waals surface area contributed by atoms with Crippen molar-refractivity contribution in [3.63, 3.8) is 0 Å². The van der Waals surface area contributed by atoms with Crippen LogP contribution in [0.5, 0.6) is 0 Å². The van der Waals surface area contributed by atoms with E-state index >= 15 is 0 Å². The van der Waals surface area contributed by atoms with Gasteiger partial charge in [0.2, 0.25) is 5.91 Å². The Balaban J connectivity index is 1.37. The Morgan fingerprint density at radius 3 is 2.72 bits per heavy atom. The number of nitrogens with zero attached hydrogens (tertiary/aromatic N) is 4. The summed E-state index contributed by atoms with van der Waals surface area (Å²) in [6.07, 6.45) is 5.36. The molecule has 2 fully saturated rings. The number of hydrogen-bond acceptors (Lipinski definition) is 5. The molecule has 0 aromatic carbocycles. The number of aromatic nitrogens is 1. The molecule has 0 spiro atoms. The van der Waals surface area contributed by atoms with Crippen LogP contribution in [-0.2, 0) is 4.79 Å². The summed E-state index contributed by atoms with van der Waals surface area (Å²) in [5, 5.41) is 12.1. The van der Waals surface area contributed by atoms with Crippen LogP contribution >= 0.6 is 0 Å². The van der Waals surface area contributed by atoms with Crippen LogP contribution in [0.1, 0.15) is 37.8 Å². The van der Waals surface area contributed by atoms with Gasteiger partial charge < -0.3 is 15.1 Å². The molecule has 3 heterocycles. The summed E-state index contributed by atoms with van der Waals surface area (Å²) in [6.45, 7) is 5.93. The Morgan fingerprint density at radius 2 is 2.00 bits per heavy atom. The molecule has 6 nitrogen and oxygen atoms in total. The van der Waals surface area contributed by atoms with Crippen molar-refractivity contribution in [1.82, 2.24) is 15.2 Å². The summed E-state index contributed by atoms with van der Waals surface area (Å²) >= 11 is 0. The summed E-state index contributed by atoms with van der Waals surface area (Å²) in [4.78, 5) is 21.3. The van der Waals surface area contributed by atoms with Gasteiger partial charge in [0.15, 0.2) is 0 Å². The van der Waals surface area contributed by atoms with Gasteiger partial charge in [0.25, 0.3) is 0 Å². The molecule has 25 heavy (non-hydrogen) atoms. The lowest BCUT2D eigenvalue weighted by molar-refractivity contribution is -0.125. The number of anilines is 1. The van der Waals surface area contributed by atoms with E-state index < -0.39 is 0 Å². The minimum Gasteiger partial charge on any atom is -0.357 e. The lowest BCUT2D eigenvalue weighted by Gasteiger charge is -2.32. The summed E-state index contributed by atoms with van der Waals surface area (Å²) in [7, 11) is 0. The molecule has 2 aliphatic heterocycles. The molecule has 0 aliphatic carbocycles. The highest BCUT2D eigenvalue weighted by molar-refractivity contribution is 5.78. The van der Waals surface area contributed by atoms with Crippen LogP contribution < -0.4 is 10.2 Å². The number of carbonyl (C=O) groups excluding carboxylic acids is 1. The molecule has 0 saturated carbocycles. The summed E-state index contributed by atoms with van der Waals surface area (Å²) in [6, 6.07) is 7.58. The lowest BCUT2D eigenvalue weighted by Crippen LogP contribution is -2.41. The molecule has 0 atom stereocenters. The number of carbonyl (C=O) groups is 1. The first-order valence-corrected chi connectivity index (χ1v) is 9.38. The Labute approximate surface area is 149 Å². The van der Waals surface area contributed by atoms with E-state index in [0.29, 0.717) is 5.69 Å². The van der Waals surface area contributed by atoms with Gasteiger partial charge in [-0.15, -0.1) is 0 Å². The topological polar surface area (TPSA) is 72.3 Å². The normalized spacial score (nSPS) is 18.9. The minimum absolute atomic E-state index is 0.0992. The molecule has 1 aromatic rings. The second-order valence-corrected chi connectivity index (χ2v) is 6.95. The number of hydrogen-bond donors (Lipinski definition) is 1. The highest BCUT2D eigenvalue weighted by Crippen LogP contribution is 2.22. The second-order valence-electron chi connectivity index (χ2n) is 6.95. The van der Waals surface area contributed by atoms with E-state index in [1.54, 1.807) is 6.07 Å². The smallest absolute Gasteiger partial charge is 0.223 e. The van der Waals surface area contributed by atoms with Crippen LogP contribution in [0.25, 0.3) is 0 Å². The molecule has 3 rings (SSSR count). The van der Waals surface area contributed by atoms with E-state index in [1.807, 2.05) is 12.1 Å². The number of likely N-dealkylation sites (tertiary alicyclic amines) is 1. The highest BCUT2D eigenvalue weighted by atomic mass is 16.1. The van der Waals surface area contributed by atoms with Crippen molar-refractivity contribution >= 4 is 11.7 Å². The van der Waals surface area contributed by atoms with Gasteiger partial charge in [-0.05, 0) is 63.9 Å². The fraction of sp³-hybridized carbons (Fsp3) is 0.632. The predicted octanol–water partition coefficient (Wildman–Crippen LogP) is 1.77. The maximum atomic E-state index is 12.3. The zero-order chi connectivity index (χ0) is 17.5. The van der Waals surface area contributed by atoms with Crippen LogP contribution in [0.2, 0.25) is 0 Å². The Kier molecular flexibility index (Phi) is 6.24. The number of amides is 1. The Morgan fingerprint density at radius 1 is 1.24 bits per heavy atom. The first-order valence-electron chi connectivity index (χ1n) is 9.38. The lowest BCUT2D eigenvalue weighted by atomic mass is 9.96. The van der Waals surface area contributed by atoms with Gasteiger partial charge in [-0.1, -0.05) is 6.07 Å². The summed E-state index contributed by atoms with van der Waals surface area (Å²) in [5.74, 6) is 1.13. The highest BCUT2D eigenvalue weighted by Gasteiger charge is 2.25. The van der Waals surface area contributed by atoms with Crippen molar-refractivity contribution in [2.75, 3.05) is 44.2 Å². The average molecular weight is 341 g/mol. The fourth-order valence-electron chi connectivity index (χ4n) is 3.70. The Bertz CT molecular complexity index is 612. The van der Waals surface area contributed by atoms with Crippen molar-refractivity contribution in [3.05, 3.63) is 23.9 Å². The van der Waals surface area contributed by atoms with Crippen molar-refractivity contribution in [3.8, 4) is 6.07 Å². The molecular formula is C19H27N5O. The monoisotopic (exact) mass is 341 g/mol. The van der Waals surface area contributed by atoms with Gasteiger partial charge in [-0.2, -0.15) is 5.26 Å². The van der Waals surface area contributed by atoms with E-state index in [-0.39, 0.29) is 11.8 Å². The zero-order valence-corrected chi connectivity index (χ0v) is 14.8. The molecule has 0 unspecified atom stereocenters. The van der Waals surface area contributed by atoms with Crippen molar-refractivity contribution in [2.24, 2.45) is 5.92 Å². The third-order valence-corrected chi connectivity index (χ3v) is 5.19. The van der Waals surface area contributed by atoms with Crippen LogP contribution in [0, 0.1) is 17.2 Å². The molecule has 1 N–H and O–H groups in total. The average Bonchev–Trinajstić information content (AvgIpc) is 3.19. The summed E-state index contributed by atoms with van der Waals surface area (Å²) in [5.41, 5.74) is 0.440. The number of pyridine rings is 1. The van der Waals surface area contributed by atoms with Crippen molar-refractivity contribution < 1.29 is 4.79 Å². The third kappa shape index (κ3) is 4.93. The quantitative estimate of drug-likeness (QED) is 0.799. The van der Waals surface area contributed by atoms with E-state index in [0.717, 1.165) is 51.3 Å². The standard InChI is InChI=1S/C19H27N5O/c20-15-17-5-3-6-18(22-17)24-13-7-16(8-14-24)19(25)21-9-4-12-23-10-1-2-11-23/h3,5-6,16H,1-2,4,7-14H2,(H,21,25). The SMILES string of the molecule is N#Cc1cccc(N2CCC(C(=O)NCCCN3CCCC3)CC2)n1. The van der Waals surface area contributed by atoms with Crippen LogP contribution in [-0.4, -0.2) is 55.1 Å². The molecule has 134 valence electrons. The molecule has 2 saturated heterocycles. The first-order chi connectivity index (χ1) is 12.3. The molecule has 2 aliphatic rings. The van der Waals surface area contributed by atoms with E-state index in [9.17, 15) is 4.79 Å². The van der Waals surface area contributed by atoms with Gasteiger partial charge in [-0.25, -0.2) is 4.98 Å². The van der Waals surface area contributed by atoms with Crippen LogP contribution in [0.15, 0.2) is 18.2 Å². The largest absolute Gasteiger partial charge is 0.357 e. The molecule has 1 aromatic heterocycles. The van der Waals surface area contributed by atoms with Crippen molar-refractivity contribution in [2.45, 2.75) is 32.1 Å². The molecule has 0 radical (unpaired) electrons. The minimum atomic E-state index is 0.0992. The molecule has 6 heteroatoms. The van der Waals surface area contributed by atoms with Crippen LogP contribution in [0.4, 0.5) is 5.82 Å². The predicted molar refractivity (Wildman–Crippen MR) is 97.2 cm³/mol. The van der Waals surface area contributed by atoms with Gasteiger partial charge in [0.05, 0.1) is 0 Å². The van der Waals surface area contributed by atoms with E-state index in [1.165, 1.54) is 25.9 Å². The number of nitriles is 1. The van der Waals surface area contributed by atoms with Gasteiger partial charge in [-0.3, -0.25) is 4.79 Å². The molecule has 0 bridgehead atoms. The second kappa shape index (κ2) is 8.82.